The number of hydrogen-bond donors (Lipinski definition) is 4. The molecule has 0 spiro atoms. The van der Waals surface area contributed by atoms with Gasteiger partial charge in [0.15, 0.2) is 0 Å². The highest BCUT2D eigenvalue weighted by Gasteiger charge is 2.34. The van der Waals surface area contributed by atoms with E-state index in [1.807, 2.05) is 0 Å². The summed E-state index contributed by atoms with van der Waals surface area (Å²) in [6, 6.07) is 15.0. The van der Waals surface area contributed by atoms with Crippen molar-refractivity contribution in [2.45, 2.75) is 12.3 Å². The van der Waals surface area contributed by atoms with E-state index in [0.717, 1.165) is 12.1 Å². The first-order valence-electron chi connectivity index (χ1n) is 9.69. The monoisotopic (exact) mass is 461 g/mol. The molecule has 1 atom stereocenters. The van der Waals surface area contributed by atoms with E-state index in [0.29, 0.717) is 6.07 Å². The van der Waals surface area contributed by atoms with Gasteiger partial charge in [-0.1, -0.05) is 30.3 Å². The van der Waals surface area contributed by atoms with Crippen LogP contribution in [0.25, 0.3) is 0 Å². The lowest BCUT2D eigenvalue weighted by molar-refractivity contribution is -0.136. The molecular weight excluding hydrogens is 442 g/mol. The molecule has 0 aliphatic rings. The lowest BCUT2D eigenvalue weighted by Crippen LogP contribution is -2.33. The number of aliphatic hydroxyl groups excluding tert-OH is 1. The van der Waals surface area contributed by atoms with E-state index in [4.69, 9.17) is 0 Å². The first-order chi connectivity index (χ1) is 15.6. The number of rotatable bonds is 6. The van der Waals surface area contributed by atoms with Crippen molar-refractivity contribution in [3.63, 3.8) is 0 Å². The van der Waals surface area contributed by atoms with Crippen LogP contribution in [-0.2, 0) is 6.18 Å². The average Bonchev–Trinajstić information content (AvgIpc) is 2.78. The highest BCUT2D eigenvalue weighted by molar-refractivity contribution is 6.04. The molecule has 172 valence electrons. The SMILES string of the molecule is O=C(NCC(O)c1cccc(F)c1)Nc1ccc(NC(=O)c2ccccc2)cc1C(F)(F)F. The number of hydrogen-bond acceptors (Lipinski definition) is 3. The summed E-state index contributed by atoms with van der Waals surface area (Å²) >= 11 is 0. The lowest BCUT2D eigenvalue weighted by Gasteiger charge is -2.17. The molecule has 0 aliphatic carbocycles. The van der Waals surface area contributed by atoms with Crippen molar-refractivity contribution < 1.29 is 32.3 Å². The molecule has 0 heterocycles. The Morgan fingerprint density at radius 1 is 0.909 bits per heavy atom. The minimum absolute atomic E-state index is 0.108. The first-order valence-corrected chi connectivity index (χ1v) is 9.69. The van der Waals surface area contributed by atoms with Crippen LogP contribution in [0.15, 0.2) is 72.8 Å². The van der Waals surface area contributed by atoms with Gasteiger partial charge in [-0.05, 0) is 48.0 Å². The number of aliphatic hydroxyl groups is 1. The Hall–Kier alpha value is -3.92. The van der Waals surface area contributed by atoms with E-state index in [1.165, 1.54) is 36.4 Å². The van der Waals surface area contributed by atoms with Crippen LogP contribution in [-0.4, -0.2) is 23.6 Å². The quantitative estimate of drug-likeness (QED) is 0.392. The van der Waals surface area contributed by atoms with Gasteiger partial charge < -0.3 is 21.1 Å². The molecule has 3 aromatic rings. The summed E-state index contributed by atoms with van der Waals surface area (Å²) in [5.41, 5.74) is -1.36. The number of anilines is 2. The molecule has 0 saturated carbocycles. The second-order valence-corrected chi connectivity index (χ2v) is 6.98. The third-order valence-electron chi connectivity index (χ3n) is 4.56. The van der Waals surface area contributed by atoms with Gasteiger partial charge in [-0.25, -0.2) is 9.18 Å². The van der Waals surface area contributed by atoms with E-state index in [1.54, 1.807) is 18.2 Å². The summed E-state index contributed by atoms with van der Waals surface area (Å²) in [4.78, 5) is 24.3. The number of halogens is 4. The predicted octanol–water partition coefficient (Wildman–Crippen LogP) is 4.95. The normalized spacial score (nSPS) is 12.0. The second kappa shape index (κ2) is 10.1. The van der Waals surface area contributed by atoms with Gasteiger partial charge >= 0.3 is 12.2 Å². The van der Waals surface area contributed by atoms with Crippen molar-refractivity contribution in [2.75, 3.05) is 17.2 Å². The zero-order valence-electron chi connectivity index (χ0n) is 17.0. The van der Waals surface area contributed by atoms with Crippen LogP contribution >= 0.6 is 0 Å². The molecule has 0 aromatic heterocycles. The van der Waals surface area contributed by atoms with Crippen LogP contribution < -0.4 is 16.0 Å². The molecule has 3 aromatic carbocycles. The number of benzene rings is 3. The third kappa shape index (κ3) is 6.53. The lowest BCUT2D eigenvalue weighted by atomic mass is 10.1. The Morgan fingerprint density at radius 2 is 1.64 bits per heavy atom. The second-order valence-electron chi connectivity index (χ2n) is 6.98. The molecule has 0 saturated heterocycles. The smallest absolute Gasteiger partial charge is 0.387 e. The van der Waals surface area contributed by atoms with Crippen LogP contribution in [0, 0.1) is 5.82 Å². The molecule has 0 fully saturated rings. The van der Waals surface area contributed by atoms with Crippen molar-refractivity contribution in [1.82, 2.24) is 5.32 Å². The van der Waals surface area contributed by atoms with Crippen molar-refractivity contribution in [3.8, 4) is 0 Å². The van der Waals surface area contributed by atoms with E-state index in [2.05, 4.69) is 16.0 Å². The summed E-state index contributed by atoms with van der Waals surface area (Å²) in [6.45, 7) is -0.359. The minimum Gasteiger partial charge on any atom is -0.387 e. The van der Waals surface area contributed by atoms with Gasteiger partial charge in [0.25, 0.3) is 5.91 Å². The van der Waals surface area contributed by atoms with Crippen molar-refractivity contribution in [1.29, 1.82) is 0 Å². The summed E-state index contributed by atoms with van der Waals surface area (Å²) < 4.78 is 53.9. The number of urea groups is 1. The Kier molecular flexibility index (Phi) is 7.29. The van der Waals surface area contributed by atoms with Gasteiger partial charge in [-0.3, -0.25) is 4.79 Å². The molecule has 3 amide bonds. The van der Waals surface area contributed by atoms with Gasteiger partial charge in [-0.2, -0.15) is 13.2 Å². The summed E-state index contributed by atoms with van der Waals surface area (Å²) in [5.74, 6) is -1.17. The fraction of sp³-hybridized carbons (Fsp3) is 0.130. The minimum atomic E-state index is -4.82. The summed E-state index contributed by atoms with van der Waals surface area (Å²) in [6.07, 6.45) is -6.08. The number of alkyl halides is 3. The predicted molar refractivity (Wildman–Crippen MR) is 114 cm³/mol. The fourth-order valence-electron chi connectivity index (χ4n) is 2.95. The molecule has 0 radical (unpaired) electrons. The van der Waals surface area contributed by atoms with Crippen LogP contribution in [0.2, 0.25) is 0 Å². The Labute approximate surface area is 186 Å². The van der Waals surface area contributed by atoms with Gasteiger partial charge in [0.05, 0.1) is 17.4 Å². The van der Waals surface area contributed by atoms with Crippen LogP contribution in [0.5, 0.6) is 0 Å². The third-order valence-corrected chi connectivity index (χ3v) is 4.56. The molecule has 10 heteroatoms. The van der Waals surface area contributed by atoms with Crippen LogP contribution in [0.3, 0.4) is 0 Å². The van der Waals surface area contributed by atoms with Gasteiger partial charge in [0, 0.05) is 17.8 Å². The standard InChI is InChI=1S/C23H19F4N3O3/c24-16-8-4-7-15(11-16)20(31)13-28-22(33)30-19-10-9-17(12-18(19)23(25,26)27)29-21(32)14-5-2-1-3-6-14/h1-12,20,31H,13H2,(H,29,32)(H2,28,30,33). The van der Waals surface area contributed by atoms with E-state index >= 15 is 0 Å². The molecule has 33 heavy (non-hydrogen) atoms. The van der Waals surface area contributed by atoms with Gasteiger partial charge in [0.2, 0.25) is 0 Å². The molecule has 4 N–H and O–H groups in total. The summed E-state index contributed by atoms with van der Waals surface area (Å²) in [5, 5.41) is 16.7. The highest BCUT2D eigenvalue weighted by atomic mass is 19.4. The molecule has 1 unspecified atom stereocenters. The van der Waals surface area contributed by atoms with Crippen LogP contribution in [0.1, 0.15) is 27.6 Å². The zero-order valence-corrected chi connectivity index (χ0v) is 17.0. The maximum absolute atomic E-state index is 13.6. The fourth-order valence-corrected chi connectivity index (χ4v) is 2.95. The topological polar surface area (TPSA) is 90.5 Å². The molecule has 6 nitrogen and oxygen atoms in total. The van der Waals surface area contributed by atoms with Crippen LogP contribution in [0.4, 0.5) is 33.7 Å². The Balaban J connectivity index is 1.69. The maximum Gasteiger partial charge on any atom is 0.418 e. The van der Waals surface area contributed by atoms with Crippen molar-refractivity contribution in [2.24, 2.45) is 0 Å². The highest BCUT2D eigenvalue weighted by Crippen LogP contribution is 2.36. The van der Waals surface area contributed by atoms with Crippen molar-refractivity contribution in [3.05, 3.63) is 95.3 Å². The average molecular weight is 461 g/mol. The van der Waals surface area contributed by atoms with E-state index < -0.39 is 41.3 Å². The number of carbonyl (C=O) groups excluding carboxylic acids is 2. The van der Waals surface area contributed by atoms with E-state index in [-0.39, 0.29) is 23.4 Å². The van der Waals surface area contributed by atoms with Gasteiger partial charge in [-0.15, -0.1) is 0 Å². The molecular formula is C23H19F4N3O3. The Bertz CT molecular complexity index is 1140. The largest absolute Gasteiger partial charge is 0.418 e. The summed E-state index contributed by atoms with van der Waals surface area (Å²) in [7, 11) is 0. The molecule has 0 bridgehead atoms. The number of carbonyl (C=O) groups is 2. The molecule has 3 rings (SSSR count). The number of nitrogens with one attached hydrogen (secondary N) is 3. The maximum atomic E-state index is 13.6. The van der Waals surface area contributed by atoms with Crippen molar-refractivity contribution >= 4 is 23.3 Å². The van der Waals surface area contributed by atoms with E-state index in [9.17, 15) is 32.3 Å². The number of amides is 3. The van der Waals surface area contributed by atoms with Gasteiger partial charge in [0.1, 0.15) is 5.82 Å². The zero-order chi connectivity index (χ0) is 24.0. The first kappa shape index (κ1) is 23.7. The molecule has 0 aliphatic heterocycles. The Morgan fingerprint density at radius 3 is 2.30 bits per heavy atom.